The predicted molar refractivity (Wildman–Crippen MR) is 131 cm³/mol. The number of aromatic nitrogens is 3. The first-order chi connectivity index (χ1) is 15.4. The van der Waals surface area contributed by atoms with E-state index in [9.17, 15) is 14.4 Å². The van der Waals surface area contributed by atoms with E-state index in [2.05, 4.69) is 48.1 Å². The van der Waals surface area contributed by atoms with Gasteiger partial charge < -0.3 is 25.3 Å². The zero-order valence-electron chi connectivity index (χ0n) is 21.2. The SMILES string of the molecule is CC(=O)CCC(=O)NCC(=O)NCCOCc1cn(C(C)(C)CCO)nn1.CC(C)P(C)C. The summed E-state index contributed by atoms with van der Waals surface area (Å²) in [7, 11) is 0.341. The summed E-state index contributed by atoms with van der Waals surface area (Å²) in [4.78, 5) is 33.8. The van der Waals surface area contributed by atoms with Crippen LogP contribution in [0.25, 0.3) is 0 Å². The molecule has 0 aliphatic carbocycles. The topological polar surface area (TPSA) is 135 Å². The molecule has 10 nitrogen and oxygen atoms in total. The van der Waals surface area contributed by atoms with Gasteiger partial charge in [-0.25, -0.2) is 4.68 Å². The number of hydrogen-bond acceptors (Lipinski definition) is 7. The van der Waals surface area contributed by atoms with Crippen molar-refractivity contribution in [3.63, 3.8) is 0 Å². The molecule has 0 radical (unpaired) electrons. The number of carbonyl (C=O) groups excluding carboxylic acids is 3. The molecule has 0 saturated carbocycles. The van der Waals surface area contributed by atoms with E-state index < -0.39 is 0 Å². The van der Waals surface area contributed by atoms with Gasteiger partial charge in [0.2, 0.25) is 11.8 Å². The van der Waals surface area contributed by atoms with E-state index in [4.69, 9.17) is 9.84 Å². The van der Waals surface area contributed by atoms with E-state index in [-0.39, 0.29) is 62.3 Å². The fourth-order valence-corrected chi connectivity index (χ4v) is 2.11. The molecule has 0 aromatic carbocycles. The maximum atomic E-state index is 11.6. The van der Waals surface area contributed by atoms with E-state index in [1.165, 1.54) is 6.92 Å². The van der Waals surface area contributed by atoms with Crippen molar-refractivity contribution in [3.05, 3.63) is 11.9 Å². The first kappa shape index (κ1) is 31.1. The number of nitrogens with one attached hydrogen (secondary N) is 2. The van der Waals surface area contributed by atoms with Gasteiger partial charge in [0.15, 0.2) is 0 Å². The van der Waals surface area contributed by atoms with Crippen LogP contribution in [0.3, 0.4) is 0 Å². The molecule has 1 aromatic heterocycles. The zero-order valence-corrected chi connectivity index (χ0v) is 22.1. The standard InChI is InChI=1S/C17H29N5O5.C5H13P/c1-13(24)4-5-15(25)19-10-16(26)18-7-9-27-12-14-11-22(21-20-14)17(2,3)6-8-23;1-5(2)6(3)4/h11,23H,4-10,12H2,1-3H3,(H,18,26)(H,19,25);5H,1-4H3. The van der Waals surface area contributed by atoms with Crippen molar-refractivity contribution in [2.45, 2.75) is 71.7 Å². The number of Topliss-reactive ketones (excluding diaryl/α,β-unsaturated/α-hetero) is 1. The Morgan fingerprint density at radius 1 is 1.18 bits per heavy atom. The maximum absolute atomic E-state index is 11.6. The van der Waals surface area contributed by atoms with Gasteiger partial charge in [0.05, 0.1) is 31.5 Å². The zero-order chi connectivity index (χ0) is 25.4. The predicted octanol–water partition coefficient (Wildman–Crippen LogP) is 1.65. The van der Waals surface area contributed by atoms with Crippen molar-refractivity contribution in [2.75, 3.05) is 39.6 Å². The fourth-order valence-electron chi connectivity index (χ4n) is 2.11. The molecule has 2 amide bonds. The molecule has 33 heavy (non-hydrogen) atoms. The van der Waals surface area contributed by atoms with Crippen LogP contribution >= 0.6 is 7.92 Å². The van der Waals surface area contributed by atoms with Crippen LogP contribution in [0.1, 0.15) is 59.6 Å². The van der Waals surface area contributed by atoms with Crippen LogP contribution in [-0.4, -0.2) is 83.0 Å². The van der Waals surface area contributed by atoms with Crippen LogP contribution in [0.2, 0.25) is 0 Å². The lowest BCUT2D eigenvalue weighted by molar-refractivity contribution is -0.127. The van der Waals surface area contributed by atoms with Crippen LogP contribution in [0.4, 0.5) is 0 Å². The molecule has 190 valence electrons. The molecular weight excluding hydrogens is 445 g/mol. The molecule has 0 saturated heterocycles. The third-order valence-corrected chi connectivity index (χ3v) is 6.95. The molecule has 0 unspecified atom stereocenters. The van der Waals surface area contributed by atoms with E-state index >= 15 is 0 Å². The molecular formula is C22H42N5O5P. The Kier molecular flexibility index (Phi) is 15.7. The highest BCUT2D eigenvalue weighted by Gasteiger charge is 2.21. The van der Waals surface area contributed by atoms with Crippen molar-refractivity contribution in [1.82, 2.24) is 25.6 Å². The van der Waals surface area contributed by atoms with Gasteiger partial charge in [0, 0.05) is 26.0 Å². The monoisotopic (exact) mass is 487 g/mol. The van der Waals surface area contributed by atoms with Crippen molar-refractivity contribution in [1.29, 1.82) is 0 Å². The molecule has 0 fully saturated rings. The molecule has 0 bridgehead atoms. The quantitative estimate of drug-likeness (QED) is 0.268. The number of hydrogen-bond donors (Lipinski definition) is 3. The summed E-state index contributed by atoms with van der Waals surface area (Å²) in [6.07, 6.45) is 2.59. The Balaban J connectivity index is 0.00000150. The normalized spacial score (nSPS) is 11.2. The van der Waals surface area contributed by atoms with E-state index in [0.717, 1.165) is 5.66 Å². The number of ketones is 1. The lowest BCUT2D eigenvalue weighted by atomic mass is 10.0. The lowest BCUT2D eigenvalue weighted by Crippen LogP contribution is -2.38. The van der Waals surface area contributed by atoms with Crippen LogP contribution in [0.15, 0.2) is 6.20 Å². The Hall–Kier alpha value is -1.90. The second kappa shape index (κ2) is 16.7. The summed E-state index contributed by atoms with van der Waals surface area (Å²) in [5.41, 5.74) is 1.24. The molecule has 1 aromatic rings. The van der Waals surface area contributed by atoms with Gasteiger partial charge in [-0.05, 0) is 46.2 Å². The third-order valence-electron chi connectivity index (χ3n) is 4.89. The molecule has 1 rings (SSSR count). The lowest BCUT2D eigenvalue weighted by Gasteiger charge is -2.23. The average molecular weight is 488 g/mol. The van der Waals surface area contributed by atoms with Gasteiger partial charge in [-0.1, -0.05) is 19.1 Å². The molecule has 3 N–H and O–H groups in total. The molecule has 0 spiro atoms. The highest BCUT2D eigenvalue weighted by atomic mass is 31.1. The molecule has 0 atom stereocenters. The van der Waals surface area contributed by atoms with Crippen molar-refractivity contribution in [3.8, 4) is 0 Å². The van der Waals surface area contributed by atoms with E-state index in [1.54, 1.807) is 10.9 Å². The largest absolute Gasteiger partial charge is 0.396 e. The Labute approximate surface area is 199 Å². The fraction of sp³-hybridized carbons (Fsp3) is 0.773. The minimum Gasteiger partial charge on any atom is -0.396 e. The highest BCUT2D eigenvalue weighted by Crippen LogP contribution is 2.30. The summed E-state index contributed by atoms with van der Waals surface area (Å²) in [5, 5.41) is 22.2. The van der Waals surface area contributed by atoms with E-state index in [1.807, 2.05) is 13.8 Å². The second-order valence-corrected chi connectivity index (χ2v) is 11.8. The highest BCUT2D eigenvalue weighted by molar-refractivity contribution is 7.56. The number of nitrogens with zero attached hydrogens (tertiary/aromatic N) is 3. The van der Waals surface area contributed by atoms with Crippen LogP contribution in [-0.2, 0) is 31.3 Å². The number of rotatable bonds is 14. The number of amides is 2. The molecule has 1 heterocycles. The summed E-state index contributed by atoms with van der Waals surface area (Å²) in [6, 6.07) is 0. The number of aliphatic hydroxyl groups excluding tert-OH is 1. The molecule has 11 heteroatoms. The van der Waals surface area contributed by atoms with Crippen LogP contribution < -0.4 is 10.6 Å². The Morgan fingerprint density at radius 2 is 1.82 bits per heavy atom. The van der Waals surface area contributed by atoms with Crippen LogP contribution in [0, 0.1) is 0 Å². The number of ether oxygens (including phenoxy) is 1. The summed E-state index contributed by atoms with van der Waals surface area (Å²) in [5.74, 6) is -0.723. The summed E-state index contributed by atoms with van der Waals surface area (Å²) in [6.45, 7) is 15.2. The third kappa shape index (κ3) is 15.5. The van der Waals surface area contributed by atoms with Gasteiger partial charge in [-0.2, -0.15) is 0 Å². The minimum atomic E-state index is -0.331. The molecule has 0 aliphatic heterocycles. The minimum absolute atomic E-state index is 0.0651. The maximum Gasteiger partial charge on any atom is 0.239 e. The van der Waals surface area contributed by atoms with E-state index in [0.29, 0.717) is 26.6 Å². The first-order valence-corrected chi connectivity index (χ1v) is 13.5. The molecule has 0 aliphatic rings. The second-order valence-electron chi connectivity index (χ2n) is 8.88. The van der Waals surface area contributed by atoms with Crippen molar-refractivity contribution < 1.29 is 24.2 Å². The van der Waals surface area contributed by atoms with Gasteiger partial charge in [0.25, 0.3) is 0 Å². The van der Waals surface area contributed by atoms with Gasteiger partial charge in [0.1, 0.15) is 11.5 Å². The van der Waals surface area contributed by atoms with Crippen LogP contribution in [0.5, 0.6) is 0 Å². The number of carbonyl (C=O) groups is 3. The first-order valence-electron chi connectivity index (χ1n) is 11.2. The summed E-state index contributed by atoms with van der Waals surface area (Å²) >= 11 is 0. The number of aliphatic hydroxyl groups is 1. The Bertz CT molecular complexity index is 716. The van der Waals surface area contributed by atoms with Crippen molar-refractivity contribution >= 4 is 25.5 Å². The van der Waals surface area contributed by atoms with Crippen molar-refractivity contribution in [2.24, 2.45) is 0 Å². The summed E-state index contributed by atoms with van der Waals surface area (Å²) < 4.78 is 7.13. The van der Waals surface area contributed by atoms with Gasteiger partial charge in [-0.15, -0.1) is 13.0 Å². The van der Waals surface area contributed by atoms with Gasteiger partial charge in [-0.3, -0.25) is 9.59 Å². The average Bonchev–Trinajstić information content (AvgIpc) is 3.20. The Morgan fingerprint density at radius 3 is 2.36 bits per heavy atom. The smallest absolute Gasteiger partial charge is 0.239 e. The van der Waals surface area contributed by atoms with Gasteiger partial charge >= 0.3 is 0 Å².